The Balaban J connectivity index is 2.56. The van der Waals surface area contributed by atoms with Gasteiger partial charge in [0.1, 0.15) is 5.82 Å². The summed E-state index contributed by atoms with van der Waals surface area (Å²) < 4.78 is 13.5. The molecule has 0 saturated carbocycles. The second-order valence-electron chi connectivity index (χ2n) is 7.56. The summed E-state index contributed by atoms with van der Waals surface area (Å²) in [6.07, 6.45) is 2.23. The molecule has 6 heteroatoms. The SMILES string of the molecule is C=Cc1c(C)nc(C(C)C)c(C=C[C@@H](O)CC(O)CC(=O)O)c1-c1ccc(F)cc1. The summed E-state index contributed by atoms with van der Waals surface area (Å²) >= 11 is 0. The zero-order chi connectivity index (χ0) is 22.4. The van der Waals surface area contributed by atoms with Gasteiger partial charge in [0.25, 0.3) is 0 Å². The van der Waals surface area contributed by atoms with Gasteiger partial charge in [-0.2, -0.15) is 0 Å². The van der Waals surface area contributed by atoms with Gasteiger partial charge in [-0.3, -0.25) is 9.78 Å². The number of halogens is 1. The van der Waals surface area contributed by atoms with Gasteiger partial charge in [0, 0.05) is 23.2 Å². The molecule has 1 heterocycles. The number of hydrogen-bond donors (Lipinski definition) is 3. The number of carboxylic acid groups (broad SMARTS) is 1. The highest BCUT2D eigenvalue weighted by atomic mass is 19.1. The monoisotopic (exact) mass is 413 g/mol. The normalized spacial score (nSPS) is 13.6. The van der Waals surface area contributed by atoms with E-state index in [0.717, 1.165) is 33.6 Å². The average molecular weight is 413 g/mol. The Labute approximate surface area is 176 Å². The highest BCUT2D eigenvalue weighted by Gasteiger charge is 2.19. The van der Waals surface area contributed by atoms with E-state index in [0.29, 0.717) is 0 Å². The summed E-state index contributed by atoms with van der Waals surface area (Å²) in [5.74, 6) is -1.39. The number of aliphatic hydroxyl groups excluding tert-OH is 2. The topological polar surface area (TPSA) is 90.7 Å². The van der Waals surface area contributed by atoms with Crippen molar-refractivity contribution in [1.29, 1.82) is 0 Å². The van der Waals surface area contributed by atoms with Crippen LogP contribution in [-0.2, 0) is 4.79 Å². The van der Waals surface area contributed by atoms with Gasteiger partial charge in [0.05, 0.1) is 24.3 Å². The third-order valence-electron chi connectivity index (χ3n) is 4.79. The van der Waals surface area contributed by atoms with Gasteiger partial charge in [0.15, 0.2) is 0 Å². The van der Waals surface area contributed by atoms with E-state index in [4.69, 9.17) is 10.1 Å². The Hall–Kier alpha value is -2.83. The van der Waals surface area contributed by atoms with Crippen LogP contribution in [0, 0.1) is 12.7 Å². The van der Waals surface area contributed by atoms with Crippen molar-refractivity contribution in [2.24, 2.45) is 0 Å². The fourth-order valence-electron chi connectivity index (χ4n) is 3.39. The number of nitrogens with zero attached hydrogens (tertiary/aromatic N) is 1. The molecule has 0 aliphatic carbocycles. The fourth-order valence-corrected chi connectivity index (χ4v) is 3.39. The zero-order valence-corrected chi connectivity index (χ0v) is 17.5. The van der Waals surface area contributed by atoms with Gasteiger partial charge in [0.2, 0.25) is 0 Å². The summed E-state index contributed by atoms with van der Waals surface area (Å²) in [4.78, 5) is 15.4. The number of aryl methyl sites for hydroxylation is 1. The third-order valence-corrected chi connectivity index (χ3v) is 4.79. The predicted molar refractivity (Wildman–Crippen MR) is 116 cm³/mol. The Morgan fingerprint density at radius 2 is 1.83 bits per heavy atom. The number of pyridine rings is 1. The number of aliphatic carboxylic acids is 1. The summed E-state index contributed by atoms with van der Waals surface area (Å²) in [5, 5.41) is 28.8. The van der Waals surface area contributed by atoms with Crippen LogP contribution >= 0.6 is 0 Å². The van der Waals surface area contributed by atoms with Crippen LogP contribution in [0.2, 0.25) is 0 Å². The molecule has 0 aliphatic heterocycles. The highest BCUT2D eigenvalue weighted by molar-refractivity contribution is 5.85. The Morgan fingerprint density at radius 3 is 2.37 bits per heavy atom. The van der Waals surface area contributed by atoms with Crippen molar-refractivity contribution in [3.8, 4) is 11.1 Å². The molecule has 2 rings (SSSR count). The van der Waals surface area contributed by atoms with E-state index >= 15 is 0 Å². The number of aromatic nitrogens is 1. The minimum absolute atomic E-state index is 0.0798. The molecule has 0 radical (unpaired) electrons. The number of carbonyl (C=O) groups is 1. The molecule has 0 aliphatic rings. The standard InChI is InChI=1S/C24H28FNO4/c1-5-20-15(4)26-24(14(2)3)21(23(20)16-6-8-17(25)9-7-16)11-10-18(27)12-19(28)13-22(29)30/h5-11,14,18-19,27-28H,1,12-13H2,2-4H3,(H,29,30)/t18-,19?/m1/s1. The molecular weight excluding hydrogens is 385 g/mol. The van der Waals surface area contributed by atoms with Gasteiger partial charge < -0.3 is 15.3 Å². The first-order valence-corrected chi connectivity index (χ1v) is 9.83. The first-order valence-electron chi connectivity index (χ1n) is 9.83. The lowest BCUT2D eigenvalue weighted by Crippen LogP contribution is -2.19. The van der Waals surface area contributed by atoms with Crippen LogP contribution in [-0.4, -0.2) is 38.5 Å². The Kier molecular flexibility index (Phi) is 8.03. The smallest absolute Gasteiger partial charge is 0.305 e. The molecule has 0 fully saturated rings. The fraction of sp³-hybridized carbons (Fsp3) is 0.333. The van der Waals surface area contributed by atoms with Crippen LogP contribution in [0.1, 0.15) is 55.1 Å². The lowest BCUT2D eigenvalue weighted by atomic mass is 9.89. The summed E-state index contributed by atoms with van der Waals surface area (Å²) in [6, 6.07) is 6.15. The van der Waals surface area contributed by atoms with Gasteiger partial charge in [-0.1, -0.05) is 50.8 Å². The largest absolute Gasteiger partial charge is 0.481 e. The molecule has 0 spiro atoms. The second-order valence-corrected chi connectivity index (χ2v) is 7.56. The maximum atomic E-state index is 13.5. The maximum Gasteiger partial charge on any atom is 0.305 e. The minimum atomic E-state index is -1.15. The van der Waals surface area contributed by atoms with Crippen molar-refractivity contribution in [2.45, 2.75) is 51.7 Å². The van der Waals surface area contributed by atoms with Crippen molar-refractivity contribution in [3.05, 3.63) is 65.3 Å². The molecule has 0 bridgehead atoms. The van der Waals surface area contributed by atoms with Crippen LogP contribution in [0.4, 0.5) is 4.39 Å². The lowest BCUT2D eigenvalue weighted by molar-refractivity contribution is -0.139. The second kappa shape index (κ2) is 10.3. The number of hydrogen-bond acceptors (Lipinski definition) is 4. The predicted octanol–water partition coefficient (Wildman–Crippen LogP) is 4.56. The maximum absolute atomic E-state index is 13.5. The Morgan fingerprint density at radius 1 is 1.20 bits per heavy atom. The molecule has 1 aromatic carbocycles. The molecule has 5 nitrogen and oxygen atoms in total. The molecule has 0 amide bonds. The van der Waals surface area contributed by atoms with Crippen molar-refractivity contribution in [2.75, 3.05) is 0 Å². The van der Waals surface area contributed by atoms with Crippen LogP contribution in [0.25, 0.3) is 23.3 Å². The number of carboxylic acids is 1. The summed E-state index contributed by atoms with van der Waals surface area (Å²) in [6.45, 7) is 9.80. The summed E-state index contributed by atoms with van der Waals surface area (Å²) in [7, 11) is 0. The Bertz CT molecular complexity index is 935. The van der Waals surface area contributed by atoms with Crippen LogP contribution in [0.15, 0.2) is 36.9 Å². The lowest BCUT2D eigenvalue weighted by Gasteiger charge is -2.20. The highest BCUT2D eigenvalue weighted by Crippen LogP contribution is 2.35. The number of benzene rings is 1. The number of aliphatic hydroxyl groups is 2. The van der Waals surface area contributed by atoms with E-state index < -0.39 is 24.6 Å². The minimum Gasteiger partial charge on any atom is -0.481 e. The van der Waals surface area contributed by atoms with E-state index in [2.05, 4.69) is 6.58 Å². The molecule has 160 valence electrons. The van der Waals surface area contributed by atoms with Gasteiger partial charge in [-0.15, -0.1) is 0 Å². The molecule has 0 saturated heterocycles. The zero-order valence-electron chi connectivity index (χ0n) is 17.5. The molecule has 30 heavy (non-hydrogen) atoms. The van der Waals surface area contributed by atoms with Gasteiger partial charge >= 0.3 is 5.97 Å². The molecule has 3 N–H and O–H groups in total. The molecule has 1 unspecified atom stereocenters. The third kappa shape index (κ3) is 5.84. The van der Waals surface area contributed by atoms with E-state index in [1.165, 1.54) is 18.2 Å². The van der Waals surface area contributed by atoms with Gasteiger partial charge in [-0.05, 0) is 36.1 Å². The van der Waals surface area contributed by atoms with E-state index in [1.54, 1.807) is 24.3 Å². The van der Waals surface area contributed by atoms with Crippen molar-refractivity contribution in [1.82, 2.24) is 4.98 Å². The first kappa shape index (κ1) is 23.4. The van der Waals surface area contributed by atoms with E-state index in [1.807, 2.05) is 20.8 Å². The number of rotatable bonds is 9. The molecular formula is C24H28FNO4. The summed E-state index contributed by atoms with van der Waals surface area (Å²) in [5.41, 5.74) is 4.80. The van der Waals surface area contributed by atoms with E-state index in [-0.39, 0.29) is 18.2 Å². The van der Waals surface area contributed by atoms with Crippen LogP contribution < -0.4 is 0 Å². The van der Waals surface area contributed by atoms with Gasteiger partial charge in [-0.25, -0.2) is 4.39 Å². The molecule has 2 aromatic rings. The van der Waals surface area contributed by atoms with Crippen LogP contribution in [0.3, 0.4) is 0 Å². The first-order chi connectivity index (χ1) is 14.1. The van der Waals surface area contributed by atoms with Crippen molar-refractivity contribution < 1.29 is 24.5 Å². The quantitative estimate of drug-likeness (QED) is 0.561. The molecule has 2 atom stereocenters. The van der Waals surface area contributed by atoms with Crippen molar-refractivity contribution >= 4 is 18.1 Å². The van der Waals surface area contributed by atoms with Crippen molar-refractivity contribution in [3.63, 3.8) is 0 Å². The molecule has 1 aromatic heterocycles. The average Bonchev–Trinajstić information content (AvgIpc) is 2.66. The van der Waals surface area contributed by atoms with E-state index in [9.17, 15) is 19.4 Å². The van der Waals surface area contributed by atoms with Crippen LogP contribution in [0.5, 0.6) is 0 Å².